The maximum Gasteiger partial charge on any atom is 0.481 e. The van der Waals surface area contributed by atoms with Crippen molar-refractivity contribution in [3.8, 4) is 0 Å². The molecule has 0 amide bonds. The van der Waals surface area contributed by atoms with E-state index in [4.69, 9.17) is 14.7 Å². The van der Waals surface area contributed by atoms with Crippen molar-refractivity contribution in [3.05, 3.63) is 23.3 Å². The van der Waals surface area contributed by atoms with E-state index in [1.165, 1.54) is 5.57 Å². The van der Waals surface area contributed by atoms with Crippen molar-refractivity contribution in [2.75, 3.05) is 6.61 Å². The molecule has 0 radical (unpaired) electrons. The van der Waals surface area contributed by atoms with E-state index in [0.717, 1.165) is 37.7 Å². The monoisotopic (exact) mass is 384 g/mol. The molecule has 0 aromatic heterocycles. The summed E-state index contributed by atoms with van der Waals surface area (Å²) in [6.07, 6.45) is 9.05. The molecule has 0 aliphatic rings. The molecule has 9 heteroatoms. The summed E-state index contributed by atoms with van der Waals surface area (Å²) in [5, 5.41) is 0. The van der Waals surface area contributed by atoms with Crippen LogP contribution in [-0.2, 0) is 18.0 Å². The molecular formula is C15H30O7P2. The van der Waals surface area contributed by atoms with Crippen LogP contribution in [0.3, 0.4) is 0 Å². The smallest absolute Gasteiger partial charge is 0.302 e. The van der Waals surface area contributed by atoms with Gasteiger partial charge in [0.25, 0.3) is 0 Å². The number of hydrogen-bond acceptors (Lipinski definition) is 4. The Kier molecular flexibility index (Phi) is 11.3. The lowest BCUT2D eigenvalue weighted by Gasteiger charge is -2.12. The molecule has 0 saturated heterocycles. The van der Waals surface area contributed by atoms with E-state index in [-0.39, 0.29) is 6.61 Å². The summed E-state index contributed by atoms with van der Waals surface area (Å²) >= 11 is 0. The Bertz CT molecular complexity index is 518. The van der Waals surface area contributed by atoms with Gasteiger partial charge in [-0.25, -0.2) is 9.13 Å². The average molecular weight is 384 g/mol. The molecule has 0 aliphatic carbocycles. The van der Waals surface area contributed by atoms with Gasteiger partial charge in [-0.2, -0.15) is 4.31 Å². The highest BCUT2D eigenvalue weighted by molar-refractivity contribution is 7.60. The Hall–Kier alpha value is -0.260. The second kappa shape index (κ2) is 11.4. The molecule has 142 valence electrons. The summed E-state index contributed by atoms with van der Waals surface area (Å²) in [6, 6.07) is 0. The highest BCUT2D eigenvalue weighted by Crippen LogP contribution is 2.57. The summed E-state index contributed by atoms with van der Waals surface area (Å²) in [7, 11) is -9.80. The van der Waals surface area contributed by atoms with Crippen molar-refractivity contribution < 1.29 is 32.6 Å². The van der Waals surface area contributed by atoms with Crippen LogP contribution in [0.15, 0.2) is 23.3 Å². The zero-order valence-electron chi connectivity index (χ0n) is 14.8. The highest BCUT2D eigenvalue weighted by atomic mass is 31.3. The Morgan fingerprint density at radius 2 is 1.71 bits per heavy atom. The van der Waals surface area contributed by atoms with Crippen molar-refractivity contribution in [1.82, 2.24) is 0 Å². The Balaban J connectivity index is 4.01. The van der Waals surface area contributed by atoms with E-state index in [9.17, 15) is 9.13 Å². The van der Waals surface area contributed by atoms with Crippen molar-refractivity contribution >= 4 is 15.6 Å². The summed E-state index contributed by atoms with van der Waals surface area (Å²) in [6.45, 7) is 8.05. The summed E-state index contributed by atoms with van der Waals surface area (Å²) in [5.74, 6) is 0.638. The van der Waals surface area contributed by atoms with Gasteiger partial charge in [0.2, 0.25) is 0 Å². The fraction of sp³-hybridized carbons (Fsp3) is 0.733. The SMILES string of the molecule is CC(C)=CCC[C@H](C)CCC/C(C)=C/COP(=O)(O)OP(=O)(O)O. The zero-order chi connectivity index (χ0) is 18.8. The normalized spacial score (nSPS) is 16.5. The number of hydrogen-bond donors (Lipinski definition) is 3. The molecule has 0 aromatic rings. The number of rotatable bonds is 12. The third kappa shape index (κ3) is 15.3. The quantitative estimate of drug-likeness (QED) is 0.330. The Morgan fingerprint density at radius 1 is 1.08 bits per heavy atom. The van der Waals surface area contributed by atoms with Crippen LogP contribution in [0, 0.1) is 5.92 Å². The molecule has 0 saturated carbocycles. The maximum atomic E-state index is 11.2. The lowest BCUT2D eigenvalue weighted by molar-refractivity contribution is 0.191. The second-order valence-electron chi connectivity index (χ2n) is 6.24. The van der Waals surface area contributed by atoms with Crippen LogP contribution in [0.4, 0.5) is 0 Å². The third-order valence-electron chi connectivity index (χ3n) is 3.36. The van der Waals surface area contributed by atoms with Gasteiger partial charge in [-0.05, 0) is 52.4 Å². The fourth-order valence-corrected chi connectivity index (χ4v) is 3.59. The fourth-order valence-electron chi connectivity index (χ4n) is 2.06. The molecule has 7 nitrogen and oxygen atoms in total. The number of allylic oxidation sites excluding steroid dienone is 3. The van der Waals surface area contributed by atoms with Gasteiger partial charge >= 0.3 is 15.6 Å². The first kappa shape index (κ1) is 23.7. The van der Waals surface area contributed by atoms with Crippen molar-refractivity contribution in [2.45, 2.75) is 59.8 Å². The Labute approximate surface area is 144 Å². The van der Waals surface area contributed by atoms with Gasteiger partial charge in [-0.3, -0.25) is 4.52 Å². The lowest BCUT2D eigenvalue weighted by atomic mass is 9.97. The average Bonchev–Trinajstić information content (AvgIpc) is 2.34. The van der Waals surface area contributed by atoms with Crippen molar-refractivity contribution in [2.24, 2.45) is 5.92 Å². The van der Waals surface area contributed by atoms with E-state index in [1.54, 1.807) is 6.08 Å². The molecule has 0 fully saturated rings. The van der Waals surface area contributed by atoms with Gasteiger partial charge in [-0.15, -0.1) is 0 Å². The molecule has 0 heterocycles. The topological polar surface area (TPSA) is 113 Å². The predicted molar refractivity (Wildman–Crippen MR) is 94.3 cm³/mol. The molecular weight excluding hydrogens is 354 g/mol. The van der Waals surface area contributed by atoms with E-state index in [1.807, 2.05) is 6.92 Å². The van der Waals surface area contributed by atoms with E-state index < -0.39 is 15.6 Å². The van der Waals surface area contributed by atoms with E-state index >= 15 is 0 Å². The molecule has 2 atom stereocenters. The van der Waals surface area contributed by atoms with Crippen LogP contribution < -0.4 is 0 Å². The van der Waals surface area contributed by atoms with Crippen LogP contribution >= 0.6 is 15.6 Å². The zero-order valence-corrected chi connectivity index (χ0v) is 16.6. The molecule has 0 aliphatic heterocycles. The molecule has 0 rings (SSSR count). The minimum atomic E-state index is -5.06. The van der Waals surface area contributed by atoms with Crippen LogP contribution in [0.25, 0.3) is 0 Å². The molecule has 1 unspecified atom stereocenters. The first-order valence-corrected chi connectivity index (χ1v) is 11.0. The minimum Gasteiger partial charge on any atom is -0.302 e. The first-order valence-electron chi connectivity index (χ1n) is 7.94. The summed E-state index contributed by atoms with van der Waals surface area (Å²) < 4.78 is 29.9. The van der Waals surface area contributed by atoms with Gasteiger partial charge in [0.15, 0.2) is 0 Å². The van der Waals surface area contributed by atoms with Crippen molar-refractivity contribution in [1.29, 1.82) is 0 Å². The molecule has 0 aromatic carbocycles. The summed E-state index contributed by atoms with van der Waals surface area (Å²) in [5.41, 5.74) is 2.33. The Morgan fingerprint density at radius 3 is 2.25 bits per heavy atom. The number of phosphoric ester groups is 1. The van der Waals surface area contributed by atoms with Crippen LogP contribution in [0.2, 0.25) is 0 Å². The summed E-state index contributed by atoms with van der Waals surface area (Å²) in [4.78, 5) is 26.1. The lowest BCUT2D eigenvalue weighted by Crippen LogP contribution is -1.96. The van der Waals surface area contributed by atoms with Crippen molar-refractivity contribution in [3.63, 3.8) is 0 Å². The van der Waals surface area contributed by atoms with E-state index in [0.29, 0.717) is 5.92 Å². The second-order valence-corrected chi connectivity index (χ2v) is 9.07. The molecule has 0 spiro atoms. The van der Waals surface area contributed by atoms with Crippen LogP contribution in [0.1, 0.15) is 59.8 Å². The largest absolute Gasteiger partial charge is 0.481 e. The number of phosphoric acid groups is 2. The highest BCUT2D eigenvalue weighted by Gasteiger charge is 2.31. The third-order valence-corrected chi connectivity index (χ3v) is 5.51. The minimum absolute atomic E-state index is 0.240. The van der Waals surface area contributed by atoms with Crippen LogP contribution in [-0.4, -0.2) is 21.3 Å². The predicted octanol–water partition coefficient (Wildman–Crippen LogP) is 4.71. The van der Waals surface area contributed by atoms with Gasteiger partial charge in [-0.1, -0.05) is 36.6 Å². The molecule has 24 heavy (non-hydrogen) atoms. The molecule has 3 N–H and O–H groups in total. The van der Waals surface area contributed by atoms with E-state index in [2.05, 4.69) is 35.7 Å². The molecule has 0 bridgehead atoms. The van der Waals surface area contributed by atoms with Crippen LogP contribution in [0.5, 0.6) is 0 Å². The standard InChI is InChI=1S/C15H30O7P2/c1-13(2)7-5-8-14(3)9-6-10-15(4)11-12-21-24(19,20)22-23(16,17)18/h7,11,14H,5-6,8-10,12H2,1-4H3,(H,19,20)(H2,16,17,18)/b15-11+/t14-/m0/s1. The maximum absolute atomic E-state index is 11.2. The van der Waals surface area contributed by atoms with Gasteiger partial charge in [0, 0.05) is 0 Å². The van der Waals surface area contributed by atoms with Gasteiger partial charge < -0.3 is 14.7 Å². The first-order chi connectivity index (χ1) is 10.9. The van der Waals surface area contributed by atoms with Gasteiger partial charge in [0.05, 0.1) is 6.61 Å². The van der Waals surface area contributed by atoms with Gasteiger partial charge in [0.1, 0.15) is 0 Å².